The molecule has 5 nitrogen and oxygen atoms in total. The van der Waals surface area contributed by atoms with Crippen molar-refractivity contribution in [1.82, 2.24) is 10.0 Å². The van der Waals surface area contributed by atoms with Crippen LogP contribution in [0.15, 0.2) is 15.4 Å². The van der Waals surface area contributed by atoms with E-state index >= 15 is 0 Å². The van der Waals surface area contributed by atoms with Gasteiger partial charge < -0.3 is 9.73 Å². The summed E-state index contributed by atoms with van der Waals surface area (Å²) < 4.78 is 33.4. The first kappa shape index (κ1) is 16.5. The number of nitrogens with one attached hydrogen (secondary N) is 2. The van der Waals surface area contributed by atoms with Crippen molar-refractivity contribution in [2.45, 2.75) is 64.4 Å². The number of hydrogen-bond acceptors (Lipinski definition) is 4. The van der Waals surface area contributed by atoms with Gasteiger partial charge in [-0.2, -0.15) is 0 Å². The summed E-state index contributed by atoms with van der Waals surface area (Å²) in [4.78, 5) is 0.264. The highest BCUT2D eigenvalue weighted by atomic mass is 32.2. The molecule has 21 heavy (non-hydrogen) atoms. The smallest absolute Gasteiger partial charge is 0.244 e. The van der Waals surface area contributed by atoms with Crippen LogP contribution in [0.3, 0.4) is 0 Å². The number of rotatable bonds is 6. The Labute approximate surface area is 127 Å². The maximum Gasteiger partial charge on any atom is 0.244 e. The highest BCUT2D eigenvalue weighted by molar-refractivity contribution is 7.89. The Morgan fingerprint density at radius 2 is 2.14 bits per heavy atom. The van der Waals surface area contributed by atoms with E-state index in [-0.39, 0.29) is 16.4 Å². The monoisotopic (exact) mass is 314 g/mol. The molecule has 1 fully saturated rings. The Kier molecular flexibility index (Phi) is 4.80. The molecule has 0 spiro atoms. The van der Waals surface area contributed by atoms with Gasteiger partial charge in [-0.3, -0.25) is 0 Å². The Balaban J connectivity index is 2.11. The standard InChI is InChI=1S/C15H26N2O3S/c1-5-16-10-13-8-14(11(2)20-13)21(18,19)17-12-6-7-15(3,4)9-12/h8,12,16-17H,5-7,9-10H2,1-4H3. The second kappa shape index (κ2) is 6.10. The molecule has 1 unspecified atom stereocenters. The van der Waals surface area contributed by atoms with Gasteiger partial charge in [0.05, 0.1) is 6.54 Å². The molecule has 1 aromatic rings. The van der Waals surface area contributed by atoms with Crippen molar-refractivity contribution >= 4 is 10.0 Å². The van der Waals surface area contributed by atoms with Gasteiger partial charge in [0.1, 0.15) is 16.4 Å². The summed E-state index contributed by atoms with van der Waals surface area (Å²) in [5, 5.41) is 3.13. The van der Waals surface area contributed by atoms with E-state index in [0.29, 0.717) is 18.1 Å². The molecular formula is C15H26N2O3S. The molecule has 1 atom stereocenters. The summed E-state index contributed by atoms with van der Waals surface area (Å²) in [5.74, 6) is 1.11. The van der Waals surface area contributed by atoms with Gasteiger partial charge in [0.2, 0.25) is 10.0 Å². The largest absolute Gasteiger partial charge is 0.464 e. The summed E-state index contributed by atoms with van der Waals surface area (Å²) in [6.07, 6.45) is 2.83. The lowest BCUT2D eigenvalue weighted by molar-refractivity contribution is 0.372. The summed E-state index contributed by atoms with van der Waals surface area (Å²) in [6.45, 7) is 9.41. The maximum atomic E-state index is 12.5. The minimum absolute atomic E-state index is 0.0246. The molecule has 1 aliphatic rings. The minimum Gasteiger partial charge on any atom is -0.464 e. The van der Waals surface area contributed by atoms with Gasteiger partial charge in [0.15, 0.2) is 0 Å². The topological polar surface area (TPSA) is 71.3 Å². The van der Waals surface area contributed by atoms with Crippen LogP contribution in [-0.4, -0.2) is 21.0 Å². The molecule has 1 aromatic heterocycles. The lowest BCUT2D eigenvalue weighted by atomic mass is 9.92. The second-order valence-corrected chi connectivity index (χ2v) is 8.32. The van der Waals surface area contributed by atoms with Crippen molar-refractivity contribution in [2.24, 2.45) is 5.41 Å². The van der Waals surface area contributed by atoms with E-state index in [2.05, 4.69) is 23.9 Å². The molecule has 120 valence electrons. The van der Waals surface area contributed by atoms with Crippen LogP contribution in [0.2, 0.25) is 0 Å². The van der Waals surface area contributed by atoms with E-state index in [9.17, 15) is 8.42 Å². The molecule has 0 aromatic carbocycles. The van der Waals surface area contributed by atoms with Gasteiger partial charge in [-0.1, -0.05) is 20.8 Å². The van der Waals surface area contributed by atoms with E-state index in [1.54, 1.807) is 13.0 Å². The van der Waals surface area contributed by atoms with E-state index in [1.165, 1.54) is 0 Å². The Morgan fingerprint density at radius 1 is 1.43 bits per heavy atom. The third-order valence-corrected chi connectivity index (χ3v) is 5.68. The zero-order chi connectivity index (χ0) is 15.7. The van der Waals surface area contributed by atoms with E-state index < -0.39 is 10.0 Å². The normalized spacial score (nSPS) is 21.8. The number of aryl methyl sites for hydroxylation is 1. The first-order chi connectivity index (χ1) is 9.73. The van der Waals surface area contributed by atoms with Crippen LogP contribution in [0, 0.1) is 12.3 Å². The molecule has 2 N–H and O–H groups in total. The van der Waals surface area contributed by atoms with Crippen LogP contribution >= 0.6 is 0 Å². The molecule has 0 amide bonds. The van der Waals surface area contributed by atoms with Gasteiger partial charge in [0, 0.05) is 12.1 Å². The predicted octanol–water partition coefficient (Wildman–Crippen LogP) is 2.55. The van der Waals surface area contributed by atoms with Crippen LogP contribution < -0.4 is 10.0 Å². The lowest BCUT2D eigenvalue weighted by Gasteiger charge is -2.17. The molecule has 1 saturated carbocycles. The molecule has 1 aliphatic carbocycles. The number of sulfonamides is 1. The molecule has 0 bridgehead atoms. The van der Waals surface area contributed by atoms with Gasteiger partial charge in [-0.25, -0.2) is 13.1 Å². The summed E-state index contributed by atoms with van der Waals surface area (Å²) in [6, 6.07) is 1.65. The van der Waals surface area contributed by atoms with Crippen molar-refractivity contribution in [3.8, 4) is 0 Å². The molecule has 0 saturated heterocycles. The highest BCUT2D eigenvalue weighted by Gasteiger charge is 2.34. The first-order valence-electron chi connectivity index (χ1n) is 7.56. The quantitative estimate of drug-likeness (QED) is 0.846. The first-order valence-corrected chi connectivity index (χ1v) is 9.04. The molecule has 0 aliphatic heterocycles. The van der Waals surface area contributed by atoms with Gasteiger partial charge >= 0.3 is 0 Å². The van der Waals surface area contributed by atoms with Gasteiger partial charge in [0.25, 0.3) is 0 Å². The lowest BCUT2D eigenvalue weighted by Crippen LogP contribution is -2.33. The number of furan rings is 1. The van der Waals surface area contributed by atoms with E-state index in [1.807, 2.05) is 6.92 Å². The molecule has 1 heterocycles. The summed E-state index contributed by atoms with van der Waals surface area (Å²) in [5.41, 5.74) is 0.217. The van der Waals surface area contributed by atoms with E-state index in [4.69, 9.17) is 4.42 Å². The predicted molar refractivity (Wildman–Crippen MR) is 82.6 cm³/mol. The summed E-state index contributed by atoms with van der Waals surface area (Å²) >= 11 is 0. The van der Waals surface area contributed by atoms with Gasteiger partial charge in [-0.15, -0.1) is 0 Å². The van der Waals surface area contributed by atoms with Crippen LogP contribution in [0.4, 0.5) is 0 Å². The van der Waals surface area contributed by atoms with Crippen LogP contribution in [-0.2, 0) is 16.6 Å². The Bertz CT molecular complexity index is 590. The van der Waals surface area contributed by atoms with Crippen molar-refractivity contribution < 1.29 is 12.8 Å². The molecule has 0 radical (unpaired) electrons. The fourth-order valence-corrected chi connectivity index (χ4v) is 4.42. The Hall–Kier alpha value is -0.850. The zero-order valence-corrected chi connectivity index (χ0v) is 14.1. The zero-order valence-electron chi connectivity index (χ0n) is 13.3. The van der Waals surface area contributed by atoms with Crippen molar-refractivity contribution in [3.05, 3.63) is 17.6 Å². The fourth-order valence-electron chi connectivity index (χ4n) is 2.95. The Morgan fingerprint density at radius 3 is 2.71 bits per heavy atom. The second-order valence-electron chi connectivity index (χ2n) is 6.64. The van der Waals surface area contributed by atoms with Crippen molar-refractivity contribution in [1.29, 1.82) is 0 Å². The molecule has 2 rings (SSSR count). The van der Waals surface area contributed by atoms with Crippen molar-refractivity contribution in [3.63, 3.8) is 0 Å². The van der Waals surface area contributed by atoms with Gasteiger partial charge in [-0.05, 0) is 38.1 Å². The summed E-state index contributed by atoms with van der Waals surface area (Å²) in [7, 11) is -3.50. The minimum atomic E-state index is -3.50. The van der Waals surface area contributed by atoms with Crippen LogP contribution in [0.25, 0.3) is 0 Å². The van der Waals surface area contributed by atoms with E-state index in [0.717, 1.165) is 25.8 Å². The van der Waals surface area contributed by atoms with Crippen LogP contribution in [0.5, 0.6) is 0 Å². The fraction of sp³-hybridized carbons (Fsp3) is 0.733. The van der Waals surface area contributed by atoms with Crippen LogP contribution in [0.1, 0.15) is 51.6 Å². The number of hydrogen-bond donors (Lipinski definition) is 2. The van der Waals surface area contributed by atoms with Crippen molar-refractivity contribution in [2.75, 3.05) is 6.54 Å². The SMILES string of the molecule is CCNCc1cc(S(=O)(=O)NC2CCC(C)(C)C2)c(C)o1. The average Bonchev–Trinajstić information content (AvgIpc) is 2.89. The third-order valence-electron chi connectivity index (χ3n) is 4.05. The maximum absolute atomic E-state index is 12.5. The highest BCUT2D eigenvalue weighted by Crippen LogP contribution is 2.37. The molecular weight excluding hydrogens is 288 g/mol. The third kappa shape index (κ3) is 4.08. The molecule has 6 heteroatoms. The average molecular weight is 314 g/mol.